The number of nitro benzene ring substituents is 1. The van der Waals surface area contributed by atoms with Gasteiger partial charge in [-0.25, -0.2) is 0 Å². The topological polar surface area (TPSA) is 106 Å². The van der Waals surface area contributed by atoms with Crippen molar-refractivity contribution < 1.29 is 9.45 Å². The monoisotopic (exact) mass is 258 g/mol. The summed E-state index contributed by atoms with van der Waals surface area (Å²) in [4.78, 5) is 14.2. The van der Waals surface area contributed by atoms with E-state index in [2.05, 4.69) is 16.2 Å². The standard InChI is InChI=1S/C12H10N4O3/c1-8(7-13)6-11-14-12(15-19-11)9-2-4-10(5-3-9)16(17)18/h2-5,8H,6H2,1H3. The number of nitriles is 1. The first kappa shape index (κ1) is 12.7. The van der Waals surface area contributed by atoms with Gasteiger partial charge in [-0.2, -0.15) is 10.2 Å². The van der Waals surface area contributed by atoms with Gasteiger partial charge in [0.05, 0.1) is 16.9 Å². The minimum atomic E-state index is -0.472. The van der Waals surface area contributed by atoms with Crippen LogP contribution < -0.4 is 0 Å². The second-order valence-corrected chi connectivity index (χ2v) is 4.05. The Morgan fingerprint density at radius 1 is 1.47 bits per heavy atom. The van der Waals surface area contributed by atoms with Crippen molar-refractivity contribution in [1.29, 1.82) is 5.26 Å². The fraction of sp³-hybridized carbons (Fsp3) is 0.250. The van der Waals surface area contributed by atoms with Gasteiger partial charge < -0.3 is 4.52 Å². The molecule has 1 aromatic carbocycles. The lowest BCUT2D eigenvalue weighted by Crippen LogP contribution is -1.96. The van der Waals surface area contributed by atoms with E-state index in [0.29, 0.717) is 23.7 Å². The number of benzene rings is 1. The average molecular weight is 258 g/mol. The fourth-order valence-electron chi connectivity index (χ4n) is 1.49. The van der Waals surface area contributed by atoms with Gasteiger partial charge in [0, 0.05) is 24.1 Å². The maximum atomic E-state index is 10.5. The van der Waals surface area contributed by atoms with E-state index >= 15 is 0 Å². The number of nitrogens with zero attached hydrogens (tertiary/aromatic N) is 4. The molecular formula is C12H10N4O3. The van der Waals surface area contributed by atoms with Gasteiger partial charge in [-0.15, -0.1) is 0 Å². The van der Waals surface area contributed by atoms with Gasteiger partial charge in [-0.05, 0) is 19.1 Å². The highest BCUT2D eigenvalue weighted by Crippen LogP contribution is 2.20. The Kier molecular flexibility index (Phi) is 3.52. The highest BCUT2D eigenvalue weighted by atomic mass is 16.6. The molecule has 0 amide bonds. The molecule has 96 valence electrons. The van der Waals surface area contributed by atoms with Crippen LogP contribution in [0.3, 0.4) is 0 Å². The van der Waals surface area contributed by atoms with E-state index in [4.69, 9.17) is 9.78 Å². The molecule has 2 rings (SSSR count). The lowest BCUT2D eigenvalue weighted by Gasteiger charge is -1.94. The van der Waals surface area contributed by atoms with Crippen molar-refractivity contribution in [3.8, 4) is 17.5 Å². The predicted molar refractivity (Wildman–Crippen MR) is 64.9 cm³/mol. The maximum absolute atomic E-state index is 10.5. The normalized spacial score (nSPS) is 11.8. The summed E-state index contributed by atoms with van der Waals surface area (Å²) in [6, 6.07) is 7.95. The van der Waals surface area contributed by atoms with Crippen LogP contribution in [0.4, 0.5) is 5.69 Å². The van der Waals surface area contributed by atoms with E-state index in [0.717, 1.165) is 0 Å². The van der Waals surface area contributed by atoms with Crippen LogP contribution in [-0.2, 0) is 6.42 Å². The molecule has 7 heteroatoms. The zero-order chi connectivity index (χ0) is 13.8. The summed E-state index contributed by atoms with van der Waals surface area (Å²) < 4.78 is 5.02. The molecule has 1 unspecified atom stereocenters. The van der Waals surface area contributed by atoms with Crippen molar-refractivity contribution >= 4 is 5.69 Å². The third-order valence-electron chi connectivity index (χ3n) is 2.51. The smallest absolute Gasteiger partial charge is 0.269 e. The van der Waals surface area contributed by atoms with Crippen LogP contribution in [0, 0.1) is 27.4 Å². The first-order valence-corrected chi connectivity index (χ1v) is 5.57. The molecule has 0 saturated carbocycles. The highest BCUT2D eigenvalue weighted by Gasteiger charge is 2.12. The van der Waals surface area contributed by atoms with Gasteiger partial charge in [0.25, 0.3) is 5.69 Å². The fourth-order valence-corrected chi connectivity index (χ4v) is 1.49. The summed E-state index contributed by atoms with van der Waals surface area (Å²) in [5, 5.41) is 23.0. The molecule has 1 atom stereocenters. The molecule has 0 fully saturated rings. The molecule has 7 nitrogen and oxygen atoms in total. The highest BCUT2D eigenvalue weighted by molar-refractivity contribution is 5.56. The van der Waals surface area contributed by atoms with Crippen LogP contribution in [0.15, 0.2) is 28.8 Å². The molecule has 0 aliphatic heterocycles. The molecule has 0 N–H and O–H groups in total. The Bertz CT molecular complexity index is 627. The number of hydrogen-bond acceptors (Lipinski definition) is 6. The van der Waals surface area contributed by atoms with Gasteiger partial charge >= 0.3 is 0 Å². The second kappa shape index (κ2) is 5.27. The summed E-state index contributed by atoms with van der Waals surface area (Å²) >= 11 is 0. The molecule has 1 aromatic heterocycles. The zero-order valence-electron chi connectivity index (χ0n) is 10.1. The number of aromatic nitrogens is 2. The predicted octanol–water partition coefficient (Wildman–Crippen LogP) is 2.35. The Morgan fingerprint density at radius 3 is 2.74 bits per heavy atom. The van der Waals surface area contributed by atoms with E-state index in [1.807, 2.05) is 0 Å². The molecule has 0 bridgehead atoms. The third kappa shape index (κ3) is 2.93. The lowest BCUT2D eigenvalue weighted by atomic mass is 10.1. The second-order valence-electron chi connectivity index (χ2n) is 4.05. The lowest BCUT2D eigenvalue weighted by molar-refractivity contribution is -0.384. The Balaban J connectivity index is 2.18. The van der Waals surface area contributed by atoms with Crippen molar-refractivity contribution in [2.45, 2.75) is 13.3 Å². The summed E-state index contributed by atoms with van der Waals surface area (Å²) in [6.07, 6.45) is 0.385. The molecule has 0 aliphatic carbocycles. The maximum Gasteiger partial charge on any atom is 0.269 e. The van der Waals surface area contributed by atoms with Crippen LogP contribution in [-0.4, -0.2) is 15.1 Å². The van der Waals surface area contributed by atoms with Crippen molar-refractivity contribution in [3.63, 3.8) is 0 Å². The van der Waals surface area contributed by atoms with Gasteiger partial charge in [0.1, 0.15) is 0 Å². The van der Waals surface area contributed by atoms with Gasteiger partial charge in [-0.3, -0.25) is 10.1 Å². The molecule has 0 aliphatic rings. The van der Waals surface area contributed by atoms with E-state index in [9.17, 15) is 10.1 Å². The summed E-state index contributed by atoms with van der Waals surface area (Å²) in [5.74, 6) is 0.530. The number of nitro groups is 1. The third-order valence-corrected chi connectivity index (χ3v) is 2.51. The molecule has 1 heterocycles. The summed E-state index contributed by atoms with van der Waals surface area (Å²) in [7, 11) is 0. The van der Waals surface area contributed by atoms with Crippen molar-refractivity contribution in [2.24, 2.45) is 5.92 Å². The van der Waals surface area contributed by atoms with Crippen LogP contribution in [0.2, 0.25) is 0 Å². The van der Waals surface area contributed by atoms with E-state index in [-0.39, 0.29) is 11.6 Å². The molecular weight excluding hydrogens is 248 g/mol. The van der Waals surface area contributed by atoms with Crippen LogP contribution in [0.5, 0.6) is 0 Å². The van der Waals surface area contributed by atoms with Gasteiger partial charge in [0.15, 0.2) is 0 Å². The quantitative estimate of drug-likeness (QED) is 0.615. The Hall–Kier alpha value is -2.75. The van der Waals surface area contributed by atoms with E-state index in [1.54, 1.807) is 19.1 Å². The first-order chi connectivity index (χ1) is 9.10. The first-order valence-electron chi connectivity index (χ1n) is 5.57. The van der Waals surface area contributed by atoms with Crippen molar-refractivity contribution in [3.05, 3.63) is 40.3 Å². The summed E-state index contributed by atoms with van der Waals surface area (Å²) in [5.41, 5.74) is 0.635. The SMILES string of the molecule is CC(C#N)Cc1nc(-c2ccc([N+](=O)[O-])cc2)no1. The molecule has 19 heavy (non-hydrogen) atoms. The van der Waals surface area contributed by atoms with Gasteiger partial charge in [-0.1, -0.05) is 5.16 Å². The van der Waals surface area contributed by atoms with Crippen molar-refractivity contribution in [2.75, 3.05) is 0 Å². The van der Waals surface area contributed by atoms with Gasteiger partial charge in [0.2, 0.25) is 11.7 Å². The Morgan fingerprint density at radius 2 is 2.16 bits per heavy atom. The van der Waals surface area contributed by atoms with Crippen molar-refractivity contribution in [1.82, 2.24) is 10.1 Å². The molecule has 0 radical (unpaired) electrons. The average Bonchev–Trinajstić information content (AvgIpc) is 2.87. The minimum absolute atomic E-state index is 0.00516. The Labute approximate surface area is 108 Å². The zero-order valence-corrected chi connectivity index (χ0v) is 10.1. The molecule has 0 saturated heterocycles. The van der Waals surface area contributed by atoms with E-state index < -0.39 is 4.92 Å². The minimum Gasteiger partial charge on any atom is -0.339 e. The van der Waals surface area contributed by atoms with Crippen LogP contribution >= 0.6 is 0 Å². The van der Waals surface area contributed by atoms with E-state index in [1.165, 1.54) is 12.1 Å². The largest absolute Gasteiger partial charge is 0.339 e. The van der Waals surface area contributed by atoms with Crippen LogP contribution in [0.25, 0.3) is 11.4 Å². The van der Waals surface area contributed by atoms with Crippen LogP contribution in [0.1, 0.15) is 12.8 Å². The number of rotatable bonds is 4. The molecule has 0 spiro atoms. The molecule has 2 aromatic rings. The number of hydrogen-bond donors (Lipinski definition) is 0. The summed E-state index contributed by atoms with van der Waals surface area (Å²) in [6.45, 7) is 1.76. The number of non-ortho nitro benzene ring substituents is 1.